The Morgan fingerprint density at radius 1 is 0.433 bits per heavy atom. The van der Waals surface area contributed by atoms with Crippen LogP contribution in [-0.2, 0) is 16.2 Å². The van der Waals surface area contributed by atoms with Crippen molar-refractivity contribution in [2.24, 2.45) is 0 Å². The summed E-state index contributed by atoms with van der Waals surface area (Å²) in [5.74, 6) is -0.723. The minimum atomic E-state index is -0.723. The molecule has 0 saturated heterocycles. The Hall–Kier alpha value is -6.44. The largest absolute Gasteiger partial charge is 0.310 e. The van der Waals surface area contributed by atoms with Crippen LogP contribution < -0.4 is 4.90 Å². The highest BCUT2D eigenvalue weighted by molar-refractivity contribution is 5.97. The van der Waals surface area contributed by atoms with E-state index in [4.69, 9.17) is 1.37 Å². The zero-order chi connectivity index (χ0) is 42.1. The molecule has 1 spiro atoms. The molecule has 0 aromatic heterocycles. The molecule has 0 fully saturated rings. The fourth-order valence-corrected chi connectivity index (χ4v) is 11.0. The molecule has 0 heterocycles. The van der Waals surface area contributed by atoms with Crippen LogP contribution in [-0.4, -0.2) is 0 Å². The first-order chi connectivity index (χ1) is 29.3. The second kappa shape index (κ2) is 13.0. The summed E-state index contributed by atoms with van der Waals surface area (Å²) in [6, 6.07) is 66.1. The van der Waals surface area contributed by atoms with Crippen LogP contribution in [0.5, 0.6) is 0 Å². The lowest BCUT2D eigenvalue weighted by Crippen LogP contribution is -2.27. The second-order valence-corrected chi connectivity index (χ2v) is 18.9. The lowest BCUT2D eigenvalue weighted by Gasteiger charge is -2.33. The minimum Gasteiger partial charge on any atom is -0.310 e. The van der Waals surface area contributed by atoms with Gasteiger partial charge < -0.3 is 4.90 Å². The van der Waals surface area contributed by atoms with Crippen molar-refractivity contribution in [3.05, 3.63) is 220 Å². The quantitative estimate of drug-likeness (QED) is 0.168. The van der Waals surface area contributed by atoms with Crippen molar-refractivity contribution < 1.29 is 1.37 Å². The van der Waals surface area contributed by atoms with Crippen molar-refractivity contribution in [2.75, 3.05) is 4.90 Å². The predicted octanol–water partition coefficient (Wildman–Crippen LogP) is 15.9. The molecule has 8 aromatic rings. The van der Waals surface area contributed by atoms with E-state index in [0.29, 0.717) is 0 Å². The lowest BCUT2D eigenvalue weighted by atomic mass is 9.69. The van der Waals surface area contributed by atoms with Crippen LogP contribution >= 0.6 is 0 Å². The summed E-state index contributed by atoms with van der Waals surface area (Å²) in [5, 5.41) is 0. The molecule has 3 aliphatic rings. The lowest BCUT2D eigenvalue weighted by molar-refractivity contribution is 0.588. The third-order valence-electron chi connectivity index (χ3n) is 13.9. The van der Waals surface area contributed by atoms with Crippen molar-refractivity contribution in [1.82, 2.24) is 0 Å². The number of rotatable bonds is 5. The molecule has 1 unspecified atom stereocenters. The topological polar surface area (TPSA) is 3.24 Å². The van der Waals surface area contributed by atoms with Crippen molar-refractivity contribution in [3.8, 4) is 44.5 Å². The summed E-state index contributed by atoms with van der Waals surface area (Å²) in [4.78, 5) is 2.46. The molecule has 0 bridgehead atoms. The Labute approximate surface area is 357 Å². The standard InChI is InChI=1S/C59H51N/c1-37(2)43-16-8-9-17-44(43)38-24-27-40(28-25-38)60(41-30-33-52-50(35-41)47-20-10-13-21-51(47)58(52,6)7)42-29-32-49-46-19-12-15-23-54(46)59(56(49)36-42)53-22-14-11-18-45(53)48-31-26-39(34-55(48)59)57(3,4)5/h8-37H,1-7H3/i37D. The average Bonchev–Trinajstić information content (AvgIpc) is 3.81. The van der Waals surface area contributed by atoms with E-state index >= 15 is 0 Å². The molecule has 3 aliphatic carbocycles. The summed E-state index contributed by atoms with van der Waals surface area (Å²) < 4.78 is 8.94. The van der Waals surface area contributed by atoms with Crippen LogP contribution in [0, 0.1) is 0 Å². The predicted molar refractivity (Wildman–Crippen MR) is 253 cm³/mol. The van der Waals surface area contributed by atoms with Gasteiger partial charge in [-0.3, -0.25) is 0 Å². The molecule has 1 atom stereocenters. The summed E-state index contributed by atoms with van der Waals surface area (Å²) in [7, 11) is 0. The van der Waals surface area contributed by atoms with Gasteiger partial charge in [0.25, 0.3) is 0 Å². The molecular weight excluding hydrogens is 723 g/mol. The number of benzene rings is 8. The third kappa shape index (κ3) is 5.11. The highest BCUT2D eigenvalue weighted by Gasteiger charge is 2.52. The maximum atomic E-state index is 8.94. The number of hydrogen-bond acceptors (Lipinski definition) is 1. The van der Waals surface area contributed by atoms with E-state index in [2.05, 4.69) is 209 Å². The van der Waals surface area contributed by atoms with Crippen molar-refractivity contribution in [3.63, 3.8) is 0 Å². The summed E-state index contributed by atoms with van der Waals surface area (Å²) >= 11 is 0. The maximum absolute atomic E-state index is 8.94. The molecule has 0 N–H and O–H groups in total. The first kappa shape index (κ1) is 35.5. The number of anilines is 3. The third-order valence-corrected chi connectivity index (χ3v) is 13.9. The molecule has 8 aromatic carbocycles. The molecule has 0 saturated carbocycles. The van der Waals surface area contributed by atoms with Gasteiger partial charge in [0.2, 0.25) is 0 Å². The molecule has 0 radical (unpaired) electrons. The minimum absolute atomic E-state index is 0.00551. The number of hydrogen-bond donors (Lipinski definition) is 0. The number of nitrogens with zero attached hydrogens (tertiary/aromatic N) is 1. The van der Waals surface area contributed by atoms with Crippen molar-refractivity contribution >= 4 is 17.1 Å². The van der Waals surface area contributed by atoms with E-state index in [-0.39, 0.29) is 10.8 Å². The monoisotopic (exact) mass is 774 g/mol. The van der Waals surface area contributed by atoms with Gasteiger partial charge in [-0.25, -0.2) is 0 Å². The smallest absolute Gasteiger partial charge is 0.0726 e. The van der Waals surface area contributed by atoms with Gasteiger partial charge in [-0.05, 0) is 137 Å². The number of fused-ring (bicyclic) bond motifs is 13. The van der Waals surface area contributed by atoms with Gasteiger partial charge in [0.05, 0.1) is 5.41 Å². The molecule has 0 amide bonds. The zero-order valence-corrected chi connectivity index (χ0v) is 35.7. The SMILES string of the molecule is [2H]C(C)(C)c1ccccc1-c1ccc(N(c2ccc3c(c2)-c2ccccc2C3(C)C)c2ccc3c(c2)C2(c4ccccc4-3)c3ccccc3-c3ccc(C(C)(C)C)cc32)cc1. The fourth-order valence-electron chi connectivity index (χ4n) is 11.0. The van der Waals surface area contributed by atoms with Crippen LogP contribution in [0.1, 0.15) is 100 Å². The van der Waals surface area contributed by atoms with Gasteiger partial charge in [0.1, 0.15) is 0 Å². The molecule has 292 valence electrons. The van der Waals surface area contributed by atoms with Gasteiger partial charge in [-0.1, -0.05) is 188 Å². The van der Waals surface area contributed by atoms with E-state index in [0.717, 1.165) is 33.8 Å². The van der Waals surface area contributed by atoms with Gasteiger partial charge >= 0.3 is 0 Å². The van der Waals surface area contributed by atoms with Gasteiger partial charge in [-0.15, -0.1) is 0 Å². The van der Waals surface area contributed by atoms with E-state index in [9.17, 15) is 0 Å². The van der Waals surface area contributed by atoms with E-state index < -0.39 is 11.3 Å². The molecule has 0 aliphatic heterocycles. The van der Waals surface area contributed by atoms with E-state index in [1.54, 1.807) is 0 Å². The maximum Gasteiger partial charge on any atom is 0.0726 e. The van der Waals surface area contributed by atoms with E-state index in [1.807, 2.05) is 19.9 Å². The Kier molecular flexibility index (Phi) is 7.71. The molecule has 1 nitrogen and oxygen atoms in total. The fraction of sp³-hybridized carbons (Fsp3) is 0.186. The van der Waals surface area contributed by atoms with E-state index in [1.165, 1.54) is 72.3 Å². The highest BCUT2D eigenvalue weighted by atomic mass is 15.1. The summed E-state index contributed by atoms with van der Waals surface area (Å²) in [5.41, 5.74) is 23.3. The Morgan fingerprint density at radius 2 is 0.900 bits per heavy atom. The molecule has 60 heavy (non-hydrogen) atoms. The Bertz CT molecular complexity index is 3070. The Balaban J connectivity index is 1.16. The van der Waals surface area contributed by atoms with Crippen molar-refractivity contribution in [1.29, 1.82) is 0 Å². The van der Waals surface area contributed by atoms with Crippen molar-refractivity contribution in [2.45, 2.75) is 70.6 Å². The van der Waals surface area contributed by atoms with Gasteiger partial charge in [-0.2, -0.15) is 0 Å². The van der Waals surface area contributed by atoms with Gasteiger partial charge in [0, 0.05) is 23.8 Å². The highest BCUT2D eigenvalue weighted by Crippen LogP contribution is 2.64. The average molecular weight is 775 g/mol. The van der Waals surface area contributed by atoms with Crippen LogP contribution in [0.3, 0.4) is 0 Å². The zero-order valence-electron chi connectivity index (χ0n) is 36.7. The second-order valence-electron chi connectivity index (χ2n) is 18.9. The Morgan fingerprint density at radius 3 is 1.53 bits per heavy atom. The van der Waals surface area contributed by atoms with Crippen LogP contribution in [0.15, 0.2) is 176 Å². The van der Waals surface area contributed by atoms with Crippen LogP contribution in [0.25, 0.3) is 44.5 Å². The molecular formula is C59H51N. The normalized spacial score (nSPS) is 16.7. The summed E-state index contributed by atoms with van der Waals surface area (Å²) in [6.07, 6.45) is 0. The molecule has 1 heteroatoms. The summed E-state index contributed by atoms with van der Waals surface area (Å²) in [6.45, 7) is 15.6. The molecule has 11 rings (SSSR count). The first-order valence-electron chi connectivity index (χ1n) is 22.0. The van der Waals surface area contributed by atoms with Crippen LogP contribution in [0.4, 0.5) is 17.1 Å². The van der Waals surface area contributed by atoms with Crippen LogP contribution in [0.2, 0.25) is 0 Å². The first-order valence-corrected chi connectivity index (χ1v) is 21.5. The van der Waals surface area contributed by atoms with Gasteiger partial charge in [0.15, 0.2) is 0 Å².